The molecule has 1 heterocycles. The lowest BCUT2D eigenvalue weighted by atomic mass is 10.0. The number of fused-ring (bicyclic) bond motifs is 2. The molecule has 0 amide bonds. The number of carboxylic acids is 2. The van der Waals surface area contributed by atoms with Gasteiger partial charge in [0.1, 0.15) is 17.6 Å². The molecule has 0 saturated heterocycles. The zero-order valence-corrected chi connectivity index (χ0v) is 16.2. The first-order valence-electron chi connectivity index (χ1n) is 9.56. The number of phenols is 1. The van der Waals surface area contributed by atoms with Gasteiger partial charge in [-0.2, -0.15) is 0 Å². The van der Waals surface area contributed by atoms with Crippen LogP contribution in [0.5, 0.6) is 11.5 Å². The molecule has 0 aliphatic carbocycles. The predicted octanol–water partition coefficient (Wildman–Crippen LogP) is 3.18. The van der Waals surface area contributed by atoms with E-state index in [4.69, 9.17) is 24.5 Å². The third kappa shape index (κ3) is 5.48. The van der Waals surface area contributed by atoms with Crippen molar-refractivity contribution in [2.45, 2.75) is 25.5 Å². The van der Waals surface area contributed by atoms with Crippen LogP contribution in [0.1, 0.15) is 17.5 Å². The van der Waals surface area contributed by atoms with Gasteiger partial charge < -0.3 is 25.4 Å². The number of carbonyl (C=O) groups is 2. The number of nitrogens with one attached hydrogen (secondary N) is 1. The second-order valence-corrected chi connectivity index (χ2v) is 6.95. The number of carboxylic acid groups (broad SMARTS) is 2. The molecule has 0 bridgehead atoms. The van der Waals surface area contributed by atoms with Gasteiger partial charge in [0.25, 0.3) is 0 Å². The summed E-state index contributed by atoms with van der Waals surface area (Å²) in [5.74, 6) is -2.57. The average molecular weight is 409 g/mol. The fourth-order valence-corrected chi connectivity index (χ4v) is 3.37. The quantitative estimate of drug-likeness (QED) is 0.489. The summed E-state index contributed by atoms with van der Waals surface area (Å²) >= 11 is 0. The van der Waals surface area contributed by atoms with Gasteiger partial charge in [-0.1, -0.05) is 48.5 Å². The van der Waals surface area contributed by atoms with Gasteiger partial charge in [0.2, 0.25) is 0 Å². The van der Waals surface area contributed by atoms with Crippen LogP contribution in [-0.2, 0) is 22.6 Å². The van der Waals surface area contributed by atoms with Crippen molar-refractivity contribution in [3.8, 4) is 11.5 Å². The molecule has 156 valence electrons. The number of rotatable bonds is 4. The van der Waals surface area contributed by atoms with E-state index in [1.54, 1.807) is 12.1 Å². The Bertz CT molecular complexity index is 1030. The van der Waals surface area contributed by atoms with Crippen molar-refractivity contribution in [3.63, 3.8) is 0 Å². The largest absolute Gasteiger partial charge is 0.508 e. The Morgan fingerprint density at radius 3 is 2.50 bits per heavy atom. The third-order valence-corrected chi connectivity index (χ3v) is 4.83. The smallest absolute Gasteiger partial charge is 0.414 e. The van der Waals surface area contributed by atoms with Crippen LogP contribution in [0.3, 0.4) is 0 Å². The molecule has 7 heteroatoms. The van der Waals surface area contributed by atoms with Gasteiger partial charge in [-0.15, -0.1) is 0 Å². The molecule has 0 saturated carbocycles. The summed E-state index contributed by atoms with van der Waals surface area (Å²) in [6, 6.07) is 20.3. The fraction of sp³-hybridized carbons (Fsp3) is 0.217. The van der Waals surface area contributed by atoms with Crippen LogP contribution >= 0.6 is 0 Å². The maximum Gasteiger partial charge on any atom is 0.414 e. The van der Waals surface area contributed by atoms with Crippen molar-refractivity contribution < 1.29 is 29.6 Å². The molecule has 3 aromatic rings. The standard InChI is InChI=1S/C21H21NO2.C2H2O4/c23-18-10-8-16-9-11-19(24-21(16)12-18)14-22-13-17-6-3-5-15-4-1-2-7-20(15)17;3-1(4)2(5)6/h1-8,10,12,19,22-23H,9,11,13-14H2;(H,3,4)(H,5,6). The predicted molar refractivity (Wildman–Crippen MR) is 112 cm³/mol. The summed E-state index contributed by atoms with van der Waals surface area (Å²) in [5.41, 5.74) is 2.49. The van der Waals surface area contributed by atoms with Gasteiger partial charge in [0.15, 0.2) is 0 Å². The molecule has 0 fully saturated rings. The highest BCUT2D eigenvalue weighted by Crippen LogP contribution is 2.30. The lowest BCUT2D eigenvalue weighted by Gasteiger charge is -2.26. The molecular formula is C23H23NO6. The fourth-order valence-electron chi connectivity index (χ4n) is 3.37. The molecule has 4 rings (SSSR count). The van der Waals surface area contributed by atoms with Crippen LogP contribution in [0, 0.1) is 0 Å². The van der Waals surface area contributed by atoms with Gasteiger partial charge in [-0.05, 0) is 40.8 Å². The molecule has 1 unspecified atom stereocenters. The first-order chi connectivity index (χ1) is 14.4. The normalized spacial score (nSPS) is 14.7. The minimum Gasteiger partial charge on any atom is -0.508 e. The maximum absolute atomic E-state index is 9.60. The van der Waals surface area contributed by atoms with E-state index in [2.05, 4.69) is 47.8 Å². The van der Waals surface area contributed by atoms with Crippen molar-refractivity contribution in [2.24, 2.45) is 0 Å². The second-order valence-electron chi connectivity index (χ2n) is 6.95. The number of phenolic OH excluding ortho intramolecular Hbond substituents is 1. The zero-order chi connectivity index (χ0) is 21.5. The summed E-state index contributed by atoms with van der Waals surface area (Å²) in [7, 11) is 0. The van der Waals surface area contributed by atoms with Crippen molar-refractivity contribution >= 4 is 22.7 Å². The first-order valence-corrected chi connectivity index (χ1v) is 9.56. The highest BCUT2D eigenvalue weighted by Gasteiger charge is 2.19. The van der Waals surface area contributed by atoms with Crippen LogP contribution in [0.15, 0.2) is 60.7 Å². The van der Waals surface area contributed by atoms with E-state index >= 15 is 0 Å². The number of aromatic hydroxyl groups is 1. The summed E-state index contributed by atoms with van der Waals surface area (Å²) < 4.78 is 6.02. The van der Waals surface area contributed by atoms with Crippen LogP contribution in [0.25, 0.3) is 10.8 Å². The van der Waals surface area contributed by atoms with Gasteiger partial charge in [0, 0.05) is 19.2 Å². The summed E-state index contributed by atoms with van der Waals surface area (Å²) in [4.78, 5) is 18.2. The number of hydrogen-bond donors (Lipinski definition) is 4. The number of hydrogen-bond acceptors (Lipinski definition) is 5. The van der Waals surface area contributed by atoms with E-state index in [0.29, 0.717) is 0 Å². The highest BCUT2D eigenvalue weighted by molar-refractivity contribution is 6.27. The van der Waals surface area contributed by atoms with Crippen molar-refractivity contribution in [2.75, 3.05) is 6.54 Å². The van der Waals surface area contributed by atoms with E-state index in [9.17, 15) is 5.11 Å². The Morgan fingerprint density at radius 1 is 1.00 bits per heavy atom. The minimum atomic E-state index is -1.82. The SMILES string of the molecule is O=C(O)C(=O)O.Oc1ccc2c(c1)OC(CNCc1cccc3ccccc13)CC2. The molecule has 0 spiro atoms. The van der Waals surface area contributed by atoms with Crippen LogP contribution in [0.4, 0.5) is 0 Å². The number of benzene rings is 3. The van der Waals surface area contributed by atoms with Crippen molar-refractivity contribution in [3.05, 3.63) is 71.8 Å². The Labute approximate surface area is 173 Å². The monoisotopic (exact) mass is 409 g/mol. The lowest BCUT2D eigenvalue weighted by molar-refractivity contribution is -0.159. The molecule has 7 nitrogen and oxygen atoms in total. The van der Waals surface area contributed by atoms with Gasteiger partial charge in [-0.25, -0.2) is 9.59 Å². The molecule has 0 aromatic heterocycles. The van der Waals surface area contributed by atoms with E-state index in [0.717, 1.165) is 31.7 Å². The Balaban J connectivity index is 0.000000377. The van der Waals surface area contributed by atoms with Gasteiger partial charge >= 0.3 is 11.9 Å². The molecule has 1 aliphatic heterocycles. The minimum absolute atomic E-state index is 0.147. The van der Waals surface area contributed by atoms with Crippen molar-refractivity contribution in [1.82, 2.24) is 5.32 Å². The van der Waals surface area contributed by atoms with E-state index in [1.165, 1.54) is 21.9 Å². The highest BCUT2D eigenvalue weighted by atomic mass is 16.5. The number of ether oxygens (including phenoxy) is 1. The molecule has 4 N–H and O–H groups in total. The van der Waals surface area contributed by atoms with E-state index in [1.807, 2.05) is 6.07 Å². The van der Waals surface area contributed by atoms with Crippen molar-refractivity contribution in [1.29, 1.82) is 0 Å². The van der Waals surface area contributed by atoms with Crippen LogP contribution in [-0.4, -0.2) is 39.9 Å². The number of aryl methyl sites for hydroxylation is 1. The molecule has 30 heavy (non-hydrogen) atoms. The first kappa shape index (κ1) is 21.1. The maximum atomic E-state index is 9.60. The molecule has 0 radical (unpaired) electrons. The Kier molecular flexibility index (Phi) is 6.87. The number of aliphatic carboxylic acids is 2. The Morgan fingerprint density at radius 2 is 1.73 bits per heavy atom. The molecule has 1 atom stereocenters. The van der Waals surface area contributed by atoms with Gasteiger partial charge in [0.05, 0.1) is 0 Å². The lowest BCUT2D eigenvalue weighted by Crippen LogP contribution is -2.33. The zero-order valence-electron chi connectivity index (χ0n) is 16.2. The average Bonchev–Trinajstić information content (AvgIpc) is 2.74. The molecule has 1 aliphatic rings. The van der Waals surface area contributed by atoms with E-state index in [-0.39, 0.29) is 11.9 Å². The summed E-state index contributed by atoms with van der Waals surface area (Å²) in [6.45, 7) is 1.63. The molecular weight excluding hydrogens is 386 g/mol. The third-order valence-electron chi connectivity index (χ3n) is 4.83. The second kappa shape index (κ2) is 9.76. The van der Waals surface area contributed by atoms with Crippen LogP contribution < -0.4 is 10.1 Å². The topological polar surface area (TPSA) is 116 Å². The van der Waals surface area contributed by atoms with E-state index < -0.39 is 11.9 Å². The Hall–Kier alpha value is -3.58. The summed E-state index contributed by atoms with van der Waals surface area (Å²) in [5, 5.41) is 30.5. The summed E-state index contributed by atoms with van der Waals surface area (Å²) in [6.07, 6.45) is 2.14. The van der Waals surface area contributed by atoms with Gasteiger partial charge in [-0.3, -0.25) is 0 Å². The molecule has 3 aromatic carbocycles. The van der Waals surface area contributed by atoms with Crippen LogP contribution in [0.2, 0.25) is 0 Å².